The van der Waals surface area contributed by atoms with Gasteiger partial charge in [0.25, 0.3) is 0 Å². The van der Waals surface area contributed by atoms with Gasteiger partial charge in [0.2, 0.25) is 0 Å². The van der Waals surface area contributed by atoms with E-state index < -0.39 is 47.2 Å². The molecule has 0 aromatic carbocycles. The molecule has 104 valence electrons. The second-order valence-corrected chi connectivity index (χ2v) is 4.60. The Labute approximate surface area is 94.2 Å². The van der Waals surface area contributed by atoms with Crippen LogP contribution in [0.2, 0.25) is 0 Å². The first-order chi connectivity index (χ1) is 7.53. The number of alkyl halides is 3. The van der Waals surface area contributed by atoms with Crippen LogP contribution in [-0.4, -0.2) is 65.9 Å². The third-order valence-electron chi connectivity index (χ3n) is 1.65. The van der Waals surface area contributed by atoms with E-state index in [1.165, 1.54) is 0 Å². The van der Waals surface area contributed by atoms with Crippen molar-refractivity contribution in [2.45, 2.75) is 23.8 Å². The summed E-state index contributed by atoms with van der Waals surface area (Å²) < 4.78 is 59.4. The molecule has 4 N–H and O–H groups in total. The van der Waals surface area contributed by atoms with Crippen molar-refractivity contribution in [1.82, 2.24) is 0 Å². The lowest BCUT2D eigenvalue weighted by atomic mass is 10.1. The molecule has 3 atom stereocenters. The average molecular weight is 284 g/mol. The Kier molecular flexibility index (Phi) is 5.77. The van der Waals surface area contributed by atoms with Crippen molar-refractivity contribution in [1.29, 1.82) is 0 Å². The van der Waals surface area contributed by atoms with Gasteiger partial charge in [-0.25, -0.2) is 0 Å². The van der Waals surface area contributed by atoms with Crippen molar-refractivity contribution in [3.05, 3.63) is 0 Å². The van der Waals surface area contributed by atoms with E-state index in [0.717, 1.165) is 0 Å². The minimum absolute atomic E-state index is 0.968. The summed E-state index contributed by atoms with van der Waals surface area (Å²) in [5.74, 6) is 0. The van der Waals surface area contributed by atoms with Gasteiger partial charge in [0.05, 0.1) is 13.2 Å². The molecule has 0 unspecified atom stereocenters. The molecular formula is C6H11F3O7S. The van der Waals surface area contributed by atoms with Gasteiger partial charge in [-0.05, 0) is 0 Å². The number of rotatable bonds is 6. The molecule has 0 saturated carbocycles. The largest absolute Gasteiger partial charge is 0.523 e. The van der Waals surface area contributed by atoms with Crippen LogP contribution in [0.3, 0.4) is 0 Å². The lowest BCUT2D eigenvalue weighted by molar-refractivity contribution is -0.0922. The van der Waals surface area contributed by atoms with E-state index in [2.05, 4.69) is 4.18 Å². The highest BCUT2D eigenvalue weighted by molar-refractivity contribution is 7.87. The maximum Gasteiger partial charge on any atom is 0.523 e. The van der Waals surface area contributed by atoms with Crippen LogP contribution in [0.25, 0.3) is 0 Å². The van der Waals surface area contributed by atoms with Gasteiger partial charge in [-0.2, -0.15) is 21.6 Å². The smallest absolute Gasteiger partial charge is 0.394 e. The summed E-state index contributed by atoms with van der Waals surface area (Å²) in [7, 11) is -5.87. The molecule has 0 amide bonds. The number of aliphatic hydroxyl groups excluding tert-OH is 4. The number of aliphatic hydroxyl groups is 4. The van der Waals surface area contributed by atoms with Gasteiger partial charge in [-0.3, -0.25) is 4.18 Å². The monoisotopic (exact) mass is 284 g/mol. The first kappa shape index (κ1) is 16.5. The predicted molar refractivity (Wildman–Crippen MR) is 46.0 cm³/mol. The van der Waals surface area contributed by atoms with Crippen LogP contribution < -0.4 is 0 Å². The second kappa shape index (κ2) is 5.93. The van der Waals surface area contributed by atoms with Gasteiger partial charge >= 0.3 is 15.6 Å². The molecule has 17 heavy (non-hydrogen) atoms. The molecule has 0 aliphatic rings. The first-order valence-corrected chi connectivity index (χ1v) is 5.54. The molecule has 0 aromatic rings. The van der Waals surface area contributed by atoms with E-state index in [1.807, 2.05) is 0 Å². The Morgan fingerprint density at radius 3 is 1.94 bits per heavy atom. The molecule has 0 radical (unpaired) electrons. The quantitative estimate of drug-likeness (QED) is 0.326. The molecule has 0 fully saturated rings. The van der Waals surface area contributed by atoms with E-state index in [1.54, 1.807) is 0 Å². The Bertz CT molecular complexity index is 327. The third-order valence-corrected chi connectivity index (χ3v) is 2.67. The van der Waals surface area contributed by atoms with Crippen LogP contribution >= 0.6 is 0 Å². The summed E-state index contributed by atoms with van der Waals surface area (Å²) >= 11 is 0. The maximum atomic E-state index is 11.8. The predicted octanol–water partition coefficient (Wildman–Crippen LogP) is -2.07. The molecule has 0 aliphatic carbocycles. The van der Waals surface area contributed by atoms with Crippen molar-refractivity contribution in [2.75, 3.05) is 13.2 Å². The van der Waals surface area contributed by atoms with Crippen LogP contribution in [0.1, 0.15) is 0 Å². The standard InChI is InChI=1S/C6H11F3O7S/c7-6(8,9)17(14,15)16-2-4(12)5(13)3(11)1-10/h3-5,10-13H,1-2H2/t3-,4+,5+/m1/s1. The van der Waals surface area contributed by atoms with E-state index in [0.29, 0.717) is 0 Å². The van der Waals surface area contributed by atoms with Gasteiger partial charge in [-0.1, -0.05) is 0 Å². The molecule has 0 aliphatic heterocycles. The average Bonchev–Trinajstić information content (AvgIpc) is 2.22. The second-order valence-electron chi connectivity index (χ2n) is 2.99. The van der Waals surface area contributed by atoms with E-state index in [9.17, 15) is 21.6 Å². The molecule has 7 nitrogen and oxygen atoms in total. The van der Waals surface area contributed by atoms with Gasteiger partial charge in [-0.15, -0.1) is 0 Å². The molecule has 0 saturated heterocycles. The molecule has 0 aromatic heterocycles. The Balaban J connectivity index is 4.40. The molecule has 0 rings (SSSR count). The Morgan fingerprint density at radius 1 is 1.12 bits per heavy atom. The van der Waals surface area contributed by atoms with Crippen molar-refractivity contribution in [3.8, 4) is 0 Å². The first-order valence-electron chi connectivity index (χ1n) is 4.13. The van der Waals surface area contributed by atoms with E-state index in [4.69, 9.17) is 20.4 Å². The highest BCUT2D eigenvalue weighted by atomic mass is 32.2. The number of hydrogen-bond acceptors (Lipinski definition) is 7. The molecular weight excluding hydrogens is 273 g/mol. The fourth-order valence-electron chi connectivity index (χ4n) is 0.689. The summed E-state index contributed by atoms with van der Waals surface area (Å²) in [5.41, 5.74) is -5.65. The SMILES string of the molecule is O=S(=O)(OC[C@H](O)[C@@H](O)[C@H](O)CO)C(F)(F)F. The highest BCUT2D eigenvalue weighted by Crippen LogP contribution is 2.24. The minimum Gasteiger partial charge on any atom is -0.394 e. The molecule has 11 heteroatoms. The zero-order valence-electron chi connectivity index (χ0n) is 8.20. The highest BCUT2D eigenvalue weighted by Gasteiger charge is 2.47. The maximum absolute atomic E-state index is 11.8. The van der Waals surface area contributed by atoms with Gasteiger partial charge in [0.15, 0.2) is 0 Å². The number of halogens is 3. The van der Waals surface area contributed by atoms with Crippen LogP contribution in [0.15, 0.2) is 0 Å². The van der Waals surface area contributed by atoms with Crippen molar-refractivity contribution >= 4 is 10.1 Å². The molecule has 0 bridgehead atoms. The minimum atomic E-state index is -5.87. The Morgan fingerprint density at radius 2 is 1.59 bits per heavy atom. The van der Waals surface area contributed by atoms with Crippen molar-refractivity contribution in [2.24, 2.45) is 0 Å². The fourth-order valence-corrected chi connectivity index (χ4v) is 1.14. The molecule has 0 heterocycles. The normalized spacial score (nSPS) is 18.8. The van der Waals surface area contributed by atoms with Crippen molar-refractivity contribution < 1.29 is 46.2 Å². The van der Waals surface area contributed by atoms with Crippen LogP contribution in [-0.2, 0) is 14.3 Å². The summed E-state index contributed by atoms with van der Waals surface area (Å²) in [6, 6.07) is 0. The lowest BCUT2D eigenvalue weighted by Gasteiger charge is -2.21. The van der Waals surface area contributed by atoms with Gasteiger partial charge in [0, 0.05) is 0 Å². The zero-order chi connectivity index (χ0) is 13.9. The third kappa shape index (κ3) is 4.73. The van der Waals surface area contributed by atoms with Gasteiger partial charge in [0.1, 0.15) is 18.3 Å². The topological polar surface area (TPSA) is 124 Å². The summed E-state index contributed by atoms with van der Waals surface area (Å²) in [5, 5.41) is 35.1. The fraction of sp³-hybridized carbons (Fsp3) is 1.00. The number of hydrogen-bond donors (Lipinski definition) is 4. The summed E-state index contributed by atoms with van der Waals surface area (Å²) in [4.78, 5) is 0. The van der Waals surface area contributed by atoms with Crippen LogP contribution in [0.5, 0.6) is 0 Å². The summed E-state index contributed by atoms with van der Waals surface area (Å²) in [6.07, 6.45) is -5.97. The van der Waals surface area contributed by atoms with Crippen LogP contribution in [0, 0.1) is 0 Å². The van der Waals surface area contributed by atoms with Crippen molar-refractivity contribution in [3.63, 3.8) is 0 Å². The van der Waals surface area contributed by atoms with E-state index >= 15 is 0 Å². The lowest BCUT2D eigenvalue weighted by Crippen LogP contribution is -2.43. The summed E-state index contributed by atoms with van der Waals surface area (Å²) in [6.45, 7) is -2.37. The Hall–Kier alpha value is -0.460. The van der Waals surface area contributed by atoms with E-state index in [-0.39, 0.29) is 0 Å². The molecule has 0 spiro atoms. The van der Waals surface area contributed by atoms with Gasteiger partial charge < -0.3 is 20.4 Å². The zero-order valence-corrected chi connectivity index (χ0v) is 9.02. The van der Waals surface area contributed by atoms with Crippen LogP contribution in [0.4, 0.5) is 13.2 Å².